The van der Waals surface area contributed by atoms with Crippen LogP contribution in [0.15, 0.2) is 54.6 Å². The van der Waals surface area contributed by atoms with Gasteiger partial charge in [0.15, 0.2) is 0 Å². The molecule has 0 bridgehead atoms. The maximum Gasteiger partial charge on any atom is 0.410 e. The maximum absolute atomic E-state index is 14.3. The number of fused-ring (bicyclic) bond motifs is 3. The Morgan fingerprint density at radius 2 is 1.87 bits per heavy atom. The predicted molar refractivity (Wildman–Crippen MR) is 168 cm³/mol. The number of benzene rings is 2. The summed E-state index contributed by atoms with van der Waals surface area (Å²) in [5, 5.41) is 6.14. The fraction of sp³-hybridized carbons (Fsp3) is 0.486. The van der Waals surface area contributed by atoms with E-state index in [1.165, 1.54) is 28.0 Å². The van der Waals surface area contributed by atoms with Gasteiger partial charge in [0.05, 0.1) is 19.7 Å². The summed E-state index contributed by atoms with van der Waals surface area (Å²) < 4.78 is 39.2. The lowest BCUT2D eigenvalue weighted by atomic mass is 10.0. The summed E-state index contributed by atoms with van der Waals surface area (Å²) in [7, 11) is 0. The highest BCUT2D eigenvalue weighted by Gasteiger charge is 2.62. The number of carbonyl (C=O) groups is 4. The van der Waals surface area contributed by atoms with Crippen LogP contribution in [0.2, 0.25) is 0 Å². The molecule has 0 aromatic heterocycles. The molecule has 3 heterocycles. The molecule has 5 atom stereocenters. The van der Waals surface area contributed by atoms with Gasteiger partial charge in [-0.15, -0.1) is 0 Å². The molecule has 3 aliphatic heterocycles. The fourth-order valence-electron chi connectivity index (χ4n) is 6.87. The first-order chi connectivity index (χ1) is 22.7. The van der Waals surface area contributed by atoms with Crippen molar-refractivity contribution in [3.63, 3.8) is 0 Å². The van der Waals surface area contributed by atoms with Crippen LogP contribution in [0.5, 0.6) is 0 Å². The first-order valence-electron chi connectivity index (χ1n) is 16.4. The van der Waals surface area contributed by atoms with Crippen LogP contribution in [0.1, 0.15) is 63.0 Å². The Labute approximate surface area is 272 Å². The number of nitrogens with zero attached hydrogens (tertiary/aromatic N) is 2. The van der Waals surface area contributed by atoms with E-state index in [0.717, 1.165) is 25.7 Å². The minimum absolute atomic E-state index is 0.0150. The largest absolute Gasteiger partial charge is 0.464 e. The molecule has 4 aliphatic rings. The van der Waals surface area contributed by atoms with Crippen molar-refractivity contribution in [1.29, 1.82) is 0 Å². The molecule has 0 radical (unpaired) electrons. The van der Waals surface area contributed by atoms with Crippen LogP contribution in [0, 0.1) is 17.6 Å². The summed E-state index contributed by atoms with van der Waals surface area (Å²) in [4.78, 5) is 57.5. The molecule has 0 unspecified atom stereocenters. The zero-order valence-corrected chi connectivity index (χ0v) is 26.4. The monoisotopic (exact) mass is 650 g/mol. The summed E-state index contributed by atoms with van der Waals surface area (Å²) in [5.74, 6) is -2.46. The van der Waals surface area contributed by atoms with Crippen molar-refractivity contribution in [3.05, 3.63) is 77.4 Å². The summed E-state index contributed by atoms with van der Waals surface area (Å²) in [5.41, 5.74) is 0.453. The second-order valence-corrected chi connectivity index (χ2v) is 12.7. The van der Waals surface area contributed by atoms with E-state index in [-0.39, 0.29) is 44.5 Å². The van der Waals surface area contributed by atoms with Crippen molar-refractivity contribution >= 4 is 29.6 Å². The van der Waals surface area contributed by atoms with Gasteiger partial charge in [0.1, 0.15) is 35.4 Å². The number of esters is 1. The SMILES string of the molecule is CCOC(=O)[C@@]12C[C@@H]1/C=C\CCCCC[C@H](Nc1ccc(F)cc1)C(=O)N1C[C@H](OC(=O)N3Cc4cccc(F)c4C3)C[C@H]1C(=O)N2. The average Bonchev–Trinajstić information content (AvgIpc) is 3.35. The first kappa shape index (κ1) is 32.5. The number of hydrogen-bond acceptors (Lipinski definition) is 7. The Bertz CT molecular complexity index is 1550. The van der Waals surface area contributed by atoms with Gasteiger partial charge in [-0.25, -0.2) is 18.4 Å². The highest BCUT2D eigenvalue weighted by atomic mass is 19.1. The molecule has 2 fully saturated rings. The molecule has 47 heavy (non-hydrogen) atoms. The third-order valence-corrected chi connectivity index (χ3v) is 9.52. The van der Waals surface area contributed by atoms with Crippen LogP contribution < -0.4 is 10.6 Å². The van der Waals surface area contributed by atoms with Crippen LogP contribution >= 0.6 is 0 Å². The topological polar surface area (TPSA) is 117 Å². The zero-order valence-electron chi connectivity index (χ0n) is 26.4. The number of carbonyl (C=O) groups excluding carboxylic acids is 4. The Morgan fingerprint density at radius 1 is 1.06 bits per heavy atom. The standard InChI is InChI=1S/C35H40F2N4O6/c1-2-46-33(44)35-18-23(35)10-6-4-3-5-7-12-29(38-25-15-13-24(36)14-16-25)32(43)41-20-26(17-30(41)31(42)39-35)47-34(45)40-19-22-9-8-11-28(37)27(22)21-40/h6,8-11,13-16,23,26,29-30,38H,2-5,7,12,17-21H2,1H3,(H,39,42)/b10-6-/t23-,26+,29-,30-,35+/m0/s1. The number of ether oxygens (including phenoxy) is 2. The van der Waals surface area contributed by atoms with Crippen LogP contribution in [0.25, 0.3) is 0 Å². The number of nitrogens with one attached hydrogen (secondary N) is 2. The first-order valence-corrected chi connectivity index (χ1v) is 16.4. The number of allylic oxidation sites excluding steroid dienone is 1. The molecule has 10 nitrogen and oxygen atoms in total. The predicted octanol–water partition coefficient (Wildman–Crippen LogP) is 4.83. The van der Waals surface area contributed by atoms with Crippen molar-refractivity contribution in [2.45, 2.75) is 88.7 Å². The van der Waals surface area contributed by atoms with Gasteiger partial charge in [0.25, 0.3) is 0 Å². The van der Waals surface area contributed by atoms with Crippen LogP contribution in [-0.2, 0) is 36.9 Å². The van der Waals surface area contributed by atoms with Crippen LogP contribution in [0.4, 0.5) is 19.3 Å². The smallest absolute Gasteiger partial charge is 0.410 e. The number of rotatable bonds is 5. The van der Waals surface area contributed by atoms with Crippen LogP contribution in [0.3, 0.4) is 0 Å². The van der Waals surface area contributed by atoms with E-state index in [0.29, 0.717) is 29.7 Å². The Balaban J connectivity index is 1.25. The molecule has 3 amide bonds. The highest BCUT2D eigenvalue weighted by molar-refractivity contribution is 5.96. The van der Waals surface area contributed by atoms with Crippen molar-refractivity contribution in [2.75, 3.05) is 18.5 Å². The molecular formula is C35H40F2N4O6. The van der Waals surface area contributed by atoms with Gasteiger partial charge in [-0.05, 0) is 68.5 Å². The van der Waals surface area contributed by atoms with E-state index in [9.17, 15) is 28.0 Å². The van der Waals surface area contributed by atoms with E-state index in [2.05, 4.69) is 10.6 Å². The number of anilines is 1. The molecule has 1 saturated heterocycles. The van der Waals surface area contributed by atoms with Gasteiger partial charge in [0, 0.05) is 30.1 Å². The molecule has 1 aliphatic carbocycles. The lowest BCUT2D eigenvalue weighted by Gasteiger charge is -2.30. The van der Waals surface area contributed by atoms with Crippen LogP contribution in [-0.4, -0.2) is 70.6 Å². The van der Waals surface area contributed by atoms with Crippen molar-refractivity contribution in [1.82, 2.24) is 15.1 Å². The summed E-state index contributed by atoms with van der Waals surface area (Å²) in [6.45, 7) is 2.05. The second kappa shape index (κ2) is 13.7. The average molecular weight is 651 g/mol. The number of hydrogen-bond donors (Lipinski definition) is 2. The second-order valence-electron chi connectivity index (χ2n) is 12.7. The number of halogens is 2. The van der Waals surface area contributed by atoms with E-state index in [1.54, 1.807) is 31.2 Å². The Hall–Kier alpha value is -4.48. The lowest BCUT2D eigenvalue weighted by Crippen LogP contribution is -2.55. The van der Waals surface area contributed by atoms with E-state index in [4.69, 9.17) is 9.47 Å². The summed E-state index contributed by atoms with van der Waals surface area (Å²) >= 11 is 0. The molecule has 250 valence electrons. The van der Waals surface area contributed by atoms with Gasteiger partial charge < -0.3 is 25.0 Å². The van der Waals surface area contributed by atoms with Crippen molar-refractivity contribution in [3.8, 4) is 0 Å². The minimum Gasteiger partial charge on any atom is -0.464 e. The molecular weight excluding hydrogens is 610 g/mol. The molecule has 12 heteroatoms. The van der Waals surface area contributed by atoms with Gasteiger partial charge in [-0.3, -0.25) is 14.5 Å². The number of amides is 3. The van der Waals surface area contributed by atoms with Gasteiger partial charge in [0.2, 0.25) is 11.8 Å². The van der Waals surface area contributed by atoms with Gasteiger partial charge >= 0.3 is 12.1 Å². The summed E-state index contributed by atoms with van der Waals surface area (Å²) in [6.07, 6.45) is 6.60. The van der Waals surface area contributed by atoms with E-state index >= 15 is 0 Å². The lowest BCUT2D eigenvalue weighted by molar-refractivity contribution is -0.150. The van der Waals surface area contributed by atoms with E-state index < -0.39 is 53.3 Å². The van der Waals surface area contributed by atoms with Gasteiger partial charge in [-0.2, -0.15) is 0 Å². The molecule has 0 spiro atoms. The Morgan fingerprint density at radius 3 is 2.64 bits per heavy atom. The Kier molecular flexibility index (Phi) is 9.47. The quantitative estimate of drug-likeness (QED) is 0.352. The highest BCUT2D eigenvalue weighted by Crippen LogP contribution is 2.46. The minimum atomic E-state index is -1.23. The zero-order chi connectivity index (χ0) is 33.1. The molecule has 2 aromatic rings. The van der Waals surface area contributed by atoms with Gasteiger partial charge in [-0.1, -0.05) is 37.1 Å². The molecule has 2 aromatic carbocycles. The van der Waals surface area contributed by atoms with E-state index in [1.807, 2.05) is 12.2 Å². The summed E-state index contributed by atoms with van der Waals surface area (Å²) in [6, 6.07) is 8.63. The third-order valence-electron chi connectivity index (χ3n) is 9.52. The normalized spacial score (nSPS) is 28.1. The molecule has 6 rings (SSSR count). The fourth-order valence-corrected chi connectivity index (χ4v) is 6.87. The van der Waals surface area contributed by atoms with Crippen molar-refractivity contribution < 1.29 is 37.4 Å². The third kappa shape index (κ3) is 6.96. The maximum atomic E-state index is 14.3. The molecule has 1 saturated carbocycles. The molecule has 2 N–H and O–H groups in total. The van der Waals surface area contributed by atoms with Crippen molar-refractivity contribution in [2.24, 2.45) is 5.92 Å².